The van der Waals surface area contributed by atoms with Crippen molar-refractivity contribution >= 4 is 17.2 Å². The fourth-order valence-electron chi connectivity index (χ4n) is 2.58. The molecule has 0 aliphatic carbocycles. The number of ether oxygens (including phenoxy) is 1. The molecule has 3 heterocycles. The lowest BCUT2D eigenvalue weighted by molar-refractivity contribution is 0.415. The van der Waals surface area contributed by atoms with Crippen molar-refractivity contribution in [3.05, 3.63) is 57.8 Å². The largest absolute Gasteiger partial charge is 0.495 e. The van der Waals surface area contributed by atoms with Crippen molar-refractivity contribution in [2.75, 3.05) is 7.11 Å². The second kappa shape index (κ2) is 5.78. The zero-order chi connectivity index (χ0) is 17.6. The van der Waals surface area contributed by atoms with Crippen molar-refractivity contribution in [1.82, 2.24) is 19.6 Å². The van der Waals surface area contributed by atoms with Crippen molar-refractivity contribution in [3.8, 4) is 28.5 Å². The van der Waals surface area contributed by atoms with Crippen LogP contribution >= 0.6 is 11.6 Å². The van der Waals surface area contributed by atoms with Gasteiger partial charge in [-0.2, -0.15) is 0 Å². The molecule has 0 aliphatic heterocycles. The molecule has 3 aromatic heterocycles. The monoisotopic (exact) mass is 356 g/mol. The highest BCUT2D eigenvalue weighted by molar-refractivity contribution is 6.32. The van der Waals surface area contributed by atoms with E-state index < -0.39 is 0 Å². The molecule has 1 N–H and O–H groups in total. The third-order valence-corrected chi connectivity index (χ3v) is 4.11. The third-order valence-electron chi connectivity index (χ3n) is 3.80. The van der Waals surface area contributed by atoms with E-state index in [1.165, 1.54) is 17.7 Å². The minimum Gasteiger partial charge on any atom is -0.495 e. The Morgan fingerprint density at radius 3 is 2.88 bits per heavy atom. The van der Waals surface area contributed by atoms with Crippen molar-refractivity contribution in [3.63, 3.8) is 0 Å². The van der Waals surface area contributed by atoms with E-state index in [1.54, 1.807) is 37.5 Å². The Morgan fingerprint density at radius 1 is 1.32 bits per heavy atom. The van der Waals surface area contributed by atoms with Crippen LogP contribution in [0, 0.1) is 6.92 Å². The molecule has 1 aromatic carbocycles. The number of rotatable bonds is 3. The number of aromatic amines is 1. The molecule has 126 valence electrons. The molecule has 0 spiro atoms. The van der Waals surface area contributed by atoms with Gasteiger partial charge in [-0.15, -0.1) is 0 Å². The molecule has 4 rings (SSSR count). The van der Waals surface area contributed by atoms with Crippen molar-refractivity contribution in [2.24, 2.45) is 0 Å². The fourth-order valence-corrected chi connectivity index (χ4v) is 2.78. The zero-order valence-electron chi connectivity index (χ0n) is 13.4. The third kappa shape index (κ3) is 2.58. The average Bonchev–Trinajstić information content (AvgIpc) is 3.21. The molecule has 0 aliphatic rings. The zero-order valence-corrected chi connectivity index (χ0v) is 14.2. The molecular weight excluding hydrogens is 344 g/mol. The quantitative estimate of drug-likeness (QED) is 0.608. The van der Waals surface area contributed by atoms with Crippen molar-refractivity contribution < 1.29 is 9.15 Å². The van der Waals surface area contributed by atoms with E-state index in [4.69, 9.17) is 20.8 Å². The minimum absolute atomic E-state index is 0.247. The first-order chi connectivity index (χ1) is 12.1. The normalized spacial score (nSPS) is 11.2. The van der Waals surface area contributed by atoms with Crippen LogP contribution in [-0.4, -0.2) is 26.7 Å². The lowest BCUT2D eigenvalue weighted by atomic mass is 10.1. The maximum atomic E-state index is 12.4. The Labute approximate surface area is 146 Å². The number of hydrogen-bond donors (Lipinski definition) is 1. The van der Waals surface area contributed by atoms with Crippen LogP contribution in [0.2, 0.25) is 5.02 Å². The summed E-state index contributed by atoms with van der Waals surface area (Å²) in [6, 6.07) is 6.67. The highest BCUT2D eigenvalue weighted by atomic mass is 35.5. The van der Waals surface area contributed by atoms with Crippen LogP contribution in [0.15, 0.2) is 45.9 Å². The van der Waals surface area contributed by atoms with Gasteiger partial charge >= 0.3 is 0 Å². The maximum absolute atomic E-state index is 12.4. The predicted molar refractivity (Wildman–Crippen MR) is 93.0 cm³/mol. The molecule has 0 saturated heterocycles. The van der Waals surface area contributed by atoms with Gasteiger partial charge in [-0.3, -0.25) is 9.89 Å². The summed E-state index contributed by atoms with van der Waals surface area (Å²) >= 11 is 6.06. The van der Waals surface area contributed by atoms with Crippen LogP contribution < -0.4 is 10.3 Å². The Kier molecular flexibility index (Phi) is 3.58. The summed E-state index contributed by atoms with van der Waals surface area (Å²) in [4.78, 5) is 21.2. The van der Waals surface area contributed by atoms with E-state index in [1.807, 2.05) is 0 Å². The number of nitrogens with one attached hydrogen (secondary N) is 1. The number of methoxy groups -OCH3 is 1. The SMILES string of the molecule is COc1cc(-c2cc(=O)n3[nH]cc(-c4ncc(C)o4)c3n2)ccc1Cl. The summed E-state index contributed by atoms with van der Waals surface area (Å²) in [6.07, 6.45) is 3.26. The van der Waals surface area contributed by atoms with Gasteiger partial charge in [0.05, 0.1) is 29.6 Å². The van der Waals surface area contributed by atoms with Gasteiger partial charge in [0.1, 0.15) is 11.5 Å². The van der Waals surface area contributed by atoms with E-state index in [0.717, 1.165) is 5.56 Å². The summed E-state index contributed by atoms with van der Waals surface area (Å²) in [6.45, 7) is 1.80. The minimum atomic E-state index is -0.247. The molecule has 0 radical (unpaired) electrons. The van der Waals surface area contributed by atoms with Gasteiger partial charge in [0, 0.05) is 17.8 Å². The first-order valence-corrected chi connectivity index (χ1v) is 7.82. The lowest BCUT2D eigenvalue weighted by Gasteiger charge is -2.06. The first kappa shape index (κ1) is 15.5. The molecular formula is C17H13ClN4O3. The topological polar surface area (TPSA) is 85.4 Å². The fraction of sp³-hybridized carbons (Fsp3) is 0.118. The molecule has 8 heteroatoms. The van der Waals surface area contributed by atoms with Gasteiger partial charge in [-0.25, -0.2) is 14.5 Å². The van der Waals surface area contributed by atoms with E-state index in [-0.39, 0.29) is 5.56 Å². The van der Waals surface area contributed by atoms with Crippen LogP contribution in [-0.2, 0) is 0 Å². The van der Waals surface area contributed by atoms with E-state index in [0.29, 0.717) is 39.3 Å². The maximum Gasteiger partial charge on any atom is 0.273 e. The second-order valence-electron chi connectivity index (χ2n) is 5.45. The average molecular weight is 357 g/mol. The number of aromatic nitrogens is 4. The summed E-state index contributed by atoms with van der Waals surface area (Å²) in [5, 5.41) is 3.36. The van der Waals surface area contributed by atoms with Crippen molar-refractivity contribution in [2.45, 2.75) is 6.92 Å². The number of benzene rings is 1. The van der Waals surface area contributed by atoms with Gasteiger partial charge < -0.3 is 9.15 Å². The van der Waals surface area contributed by atoms with Crippen LogP contribution in [0.25, 0.3) is 28.4 Å². The highest BCUT2D eigenvalue weighted by Crippen LogP contribution is 2.30. The second-order valence-corrected chi connectivity index (χ2v) is 5.86. The molecule has 0 atom stereocenters. The summed E-state index contributed by atoms with van der Waals surface area (Å²) in [7, 11) is 1.53. The summed E-state index contributed by atoms with van der Waals surface area (Å²) < 4.78 is 12.1. The van der Waals surface area contributed by atoms with Crippen LogP contribution in [0.3, 0.4) is 0 Å². The molecule has 0 fully saturated rings. The van der Waals surface area contributed by atoms with Gasteiger partial charge in [0.15, 0.2) is 5.65 Å². The van der Waals surface area contributed by atoms with Gasteiger partial charge in [-0.05, 0) is 19.1 Å². The lowest BCUT2D eigenvalue weighted by Crippen LogP contribution is -2.14. The number of fused-ring (bicyclic) bond motifs is 1. The smallest absolute Gasteiger partial charge is 0.273 e. The standard InChI is InChI=1S/C17H13ClN4O3/c1-9-7-19-17(25-9)11-8-20-22-15(23)6-13(21-16(11)22)10-3-4-12(18)14(5-10)24-2/h3-8,20H,1-2H3. The predicted octanol–water partition coefficient (Wildman–Crippen LogP) is 3.32. The molecule has 0 amide bonds. The Balaban J connectivity index is 1.93. The Hall–Kier alpha value is -3.06. The van der Waals surface area contributed by atoms with Crippen LogP contribution in [0.4, 0.5) is 0 Å². The number of oxazole rings is 1. The van der Waals surface area contributed by atoms with Crippen molar-refractivity contribution in [1.29, 1.82) is 0 Å². The first-order valence-electron chi connectivity index (χ1n) is 7.44. The number of hydrogen-bond acceptors (Lipinski definition) is 5. The van der Waals surface area contributed by atoms with Crippen LogP contribution in [0.1, 0.15) is 5.76 Å². The molecule has 25 heavy (non-hydrogen) atoms. The number of nitrogens with zero attached hydrogens (tertiary/aromatic N) is 3. The highest BCUT2D eigenvalue weighted by Gasteiger charge is 2.16. The van der Waals surface area contributed by atoms with Crippen LogP contribution in [0.5, 0.6) is 5.75 Å². The molecule has 7 nitrogen and oxygen atoms in total. The van der Waals surface area contributed by atoms with E-state index in [2.05, 4.69) is 15.1 Å². The van der Waals surface area contributed by atoms with E-state index >= 15 is 0 Å². The molecule has 4 aromatic rings. The Bertz CT molecular complexity index is 1140. The van der Waals surface area contributed by atoms with Gasteiger partial charge in [0.2, 0.25) is 5.89 Å². The summed E-state index contributed by atoms with van der Waals surface area (Å²) in [5.41, 5.74) is 2.01. The number of halogens is 1. The van der Waals surface area contributed by atoms with E-state index in [9.17, 15) is 4.79 Å². The summed E-state index contributed by atoms with van der Waals surface area (Å²) in [5.74, 6) is 1.59. The van der Waals surface area contributed by atoms with Gasteiger partial charge in [-0.1, -0.05) is 17.7 Å². The molecule has 0 bridgehead atoms. The molecule has 0 saturated carbocycles. The number of aryl methyl sites for hydroxylation is 1. The Morgan fingerprint density at radius 2 is 2.16 bits per heavy atom. The molecule has 0 unspecified atom stereocenters. The number of H-pyrrole nitrogens is 1. The van der Waals surface area contributed by atoms with Gasteiger partial charge in [0.25, 0.3) is 5.56 Å².